The highest BCUT2D eigenvalue weighted by Gasteiger charge is 1.79. The van der Waals surface area contributed by atoms with Gasteiger partial charge < -0.3 is 5.11 Å². The van der Waals surface area contributed by atoms with Crippen LogP contribution in [0.2, 0.25) is 0 Å². The smallest absolute Gasteiger partial charge is 0.382 e. The largest absolute Gasteiger partial charge is 0.472 e. The summed E-state index contributed by atoms with van der Waals surface area (Å²) >= 11 is 0. The van der Waals surface area contributed by atoms with E-state index in [4.69, 9.17) is 5.11 Å². The van der Waals surface area contributed by atoms with Crippen molar-refractivity contribution in [2.75, 3.05) is 0 Å². The number of carboxylic acids is 1. The van der Waals surface area contributed by atoms with Crippen molar-refractivity contribution < 1.29 is 9.90 Å². The number of carboxylic acid groups (broad SMARTS) is 1. The van der Waals surface area contributed by atoms with Crippen molar-refractivity contribution in [1.82, 2.24) is 0 Å². The van der Waals surface area contributed by atoms with E-state index in [0.29, 0.717) is 0 Å². The molecule has 0 spiro atoms. The van der Waals surface area contributed by atoms with Gasteiger partial charge in [-0.2, -0.15) is 0 Å². The molecule has 0 heterocycles. The molecule has 2 nitrogen and oxygen atoms in total. The SMILES string of the molecule is CCCCC#CC#CC(=O)O. The van der Waals surface area contributed by atoms with Crippen molar-refractivity contribution in [2.45, 2.75) is 26.2 Å². The summed E-state index contributed by atoms with van der Waals surface area (Å²) in [7, 11) is 0. The number of rotatable bonds is 2. The Balaban J connectivity index is 3.57. The molecule has 11 heavy (non-hydrogen) atoms. The predicted octanol–water partition coefficient (Wildman–Crippen LogP) is 1.27. The van der Waals surface area contributed by atoms with Crippen molar-refractivity contribution in [3.63, 3.8) is 0 Å². The summed E-state index contributed by atoms with van der Waals surface area (Å²) in [6.07, 6.45) is 2.94. The topological polar surface area (TPSA) is 37.3 Å². The van der Waals surface area contributed by atoms with Crippen molar-refractivity contribution in [1.29, 1.82) is 0 Å². The van der Waals surface area contributed by atoms with Crippen LogP contribution in [0.15, 0.2) is 0 Å². The number of aliphatic carboxylic acids is 1. The van der Waals surface area contributed by atoms with E-state index in [2.05, 4.69) is 24.7 Å². The van der Waals surface area contributed by atoms with Crippen LogP contribution in [-0.2, 0) is 4.79 Å². The molecule has 2 heteroatoms. The van der Waals surface area contributed by atoms with E-state index < -0.39 is 5.97 Å². The molecule has 1 N–H and O–H groups in total. The molecular formula is C9H10O2. The molecule has 0 unspecified atom stereocenters. The van der Waals surface area contributed by atoms with Gasteiger partial charge in [-0.3, -0.25) is 0 Å². The first-order valence-electron chi connectivity index (χ1n) is 3.49. The Bertz CT molecular complexity index is 232. The minimum absolute atomic E-state index is 0.796. The van der Waals surface area contributed by atoms with E-state index in [-0.39, 0.29) is 0 Å². The van der Waals surface area contributed by atoms with Crippen LogP contribution in [0, 0.1) is 23.7 Å². The second-order valence-electron chi connectivity index (χ2n) is 1.96. The van der Waals surface area contributed by atoms with Crippen LogP contribution in [0.25, 0.3) is 0 Å². The van der Waals surface area contributed by atoms with E-state index in [0.717, 1.165) is 19.3 Å². The molecule has 0 aromatic heterocycles. The minimum Gasteiger partial charge on any atom is -0.472 e. The standard InChI is InChI=1S/C9H10O2/c1-2-3-4-5-6-7-8-9(10)11/h2-4H2,1H3,(H,10,11). The molecule has 0 atom stereocenters. The van der Waals surface area contributed by atoms with Crippen LogP contribution >= 0.6 is 0 Å². The third-order valence-electron chi connectivity index (χ3n) is 0.976. The highest BCUT2D eigenvalue weighted by Crippen LogP contribution is 1.89. The fourth-order valence-corrected chi connectivity index (χ4v) is 0.457. The zero-order chi connectivity index (χ0) is 8.53. The maximum atomic E-state index is 9.85. The molecule has 0 saturated carbocycles. The zero-order valence-electron chi connectivity index (χ0n) is 6.48. The van der Waals surface area contributed by atoms with Gasteiger partial charge in [-0.05, 0) is 18.3 Å². The quantitative estimate of drug-likeness (QED) is 0.475. The predicted molar refractivity (Wildman–Crippen MR) is 42.7 cm³/mol. The summed E-state index contributed by atoms with van der Waals surface area (Å²) in [5, 5.41) is 8.07. The van der Waals surface area contributed by atoms with Crippen LogP contribution in [0.5, 0.6) is 0 Å². The second-order valence-corrected chi connectivity index (χ2v) is 1.96. The van der Waals surface area contributed by atoms with Gasteiger partial charge in [0.15, 0.2) is 0 Å². The summed E-state index contributed by atoms with van der Waals surface area (Å²) in [5.74, 6) is 8.23. The molecule has 0 aliphatic carbocycles. The third kappa shape index (κ3) is 8.59. The third-order valence-corrected chi connectivity index (χ3v) is 0.976. The average molecular weight is 150 g/mol. The zero-order valence-corrected chi connectivity index (χ0v) is 6.48. The molecule has 0 aliphatic heterocycles. The van der Waals surface area contributed by atoms with Crippen molar-refractivity contribution >= 4 is 5.97 Å². The summed E-state index contributed by atoms with van der Waals surface area (Å²) in [5.41, 5.74) is 0. The van der Waals surface area contributed by atoms with Crippen LogP contribution in [0.4, 0.5) is 0 Å². The average Bonchev–Trinajstić information content (AvgIpc) is 1.96. The van der Waals surface area contributed by atoms with E-state index in [1.807, 2.05) is 5.92 Å². The van der Waals surface area contributed by atoms with Gasteiger partial charge >= 0.3 is 5.97 Å². The molecule has 0 radical (unpaired) electrons. The Morgan fingerprint density at radius 1 is 1.45 bits per heavy atom. The van der Waals surface area contributed by atoms with E-state index in [1.54, 1.807) is 0 Å². The normalized spacial score (nSPS) is 7.00. The summed E-state index contributed by atoms with van der Waals surface area (Å²) in [6, 6.07) is 0. The van der Waals surface area contributed by atoms with Crippen LogP contribution in [-0.4, -0.2) is 11.1 Å². The van der Waals surface area contributed by atoms with E-state index in [9.17, 15) is 4.79 Å². The van der Waals surface area contributed by atoms with E-state index in [1.165, 1.54) is 0 Å². The van der Waals surface area contributed by atoms with Crippen molar-refractivity contribution in [3.8, 4) is 23.7 Å². The molecule has 0 aromatic carbocycles. The van der Waals surface area contributed by atoms with Gasteiger partial charge in [0.05, 0.1) is 0 Å². The Hall–Kier alpha value is -1.41. The molecule has 0 saturated heterocycles. The van der Waals surface area contributed by atoms with E-state index >= 15 is 0 Å². The Labute approximate surface area is 66.6 Å². The van der Waals surface area contributed by atoms with Gasteiger partial charge in [-0.15, -0.1) is 0 Å². The second kappa shape index (κ2) is 6.71. The molecule has 0 aromatic rings. The highest BCUT2D eigenvalue weighted by atomic mass is 16.4. The van der Waals surface area contributed by atoms with Crippen LogP contribution in [0.1, 0.15) is 26.2 Å². The highest BCUT2D eigenvalue weighted by molar-refractivity contribution is 5.87. The van der Waals surface area contributed by atoms with Gasteiger partial charge in [0.25, 0.3) is 0 Å². The fourth-order valence-electron chi connectivity index (χ4n) is 0.457. The molecule has 0 amide bonds. The lowest BCUT2D eigenvalue weighted by Crippen LogP contribution is -1.85. The molecule has 58 valence electrons. The first-order chi connectivity index (χ1) is 5.27. The fraction of sp³-hybridized carbons (Fsp3) is 0.444. The monoisotopic (exact) mass is 150 g/mol. The summed E-state index contributed by atoms with van der Waals surface area (Å²) in [6.45, 7) is 2.07. The van der Waals surface area contributed by atoms with Crippen molar-refractivity contribution in [3.05, 3.63) is 0 Å². The van der Waals surface area contributed by atoms with Crippen LogP contribution in [0.3, 0.4) is 0 Å². The Morgan fingerprint density at radius 2 is 2.18 bits per heavy atom. The molecular weight excluding hydrogens is 140 g/mol. The lowest BCUT2D eigenvalue weighted by atomic mass is 10.2. The van der Waals surface area contributed by atoms with Crippen LogP contribution < -0.4 is 0 Å². The van der Waals surface area contributed by atoms with Gasteiger partial charge in [0, 0.05) is 12.3 Å². The number of unbranched alkanes of at least 4 members (excludes halogenated alkanes) is 2. The first kappa shape index (κ1) is 9.59. The number of carbonyl (C=O) groups is 1. The Morgan fingerprint density at radius 3 is 2.73 bits per heavy atom. The molecule has 0 aliphatic rings. The lowest BCUT2D eigenvalue weighted by Gasteiger charge is -1.80. The van der Waals surface area contributed by atoms with Crippen molar-refractivity contribution in [2.24, 2.45) is 0 Å². The molecule has 0 rings (SSSR count). The molecule has 0 bridgehead atoms. The van der Waals surface area contributed by atoms with Gasteiger partial charge in [-0.25, -0.2) is 4.79 Å². The summed E-state index contributed by atoms with van der Waals surface area (Å²) in [4.78, 5) is 9.85. The van der Waals surface area contributed by atoms with Gasteiger partial charge in [0.1, 0.15) is 0 Å². The number of hydrogen-bond acceptors (Lipinski definition) is 1. The van der Waals surface area contributed by atoms with Gasteiger partial charge in [0.2, 0.25) is 0 Å². The Kier molecular flexibility index (Phi) is 5.85. The number of hydrogen-bond donors (Lipinski definition) is 1. The maximum Gasteiger partial charge on any atom is 0.382 e. The minimum atomic E-state index is -1.13. The maximum absolute atomic E-state index is 9.85. The molecule has 0 fully saturated rings. The summed E-state index contributed by atoms with van der Waals surface area (Å²) < 4.78 is 0. The first-order valence-corrected chi connectivity index (χ1v) is 3.49. The van der Waals surface area contributed by atoms with Gasteiger partial charge in [-0.1, -0.05) is 19.3 Å². The lowest BCUT2D eigenvalue weighted by molar-refractivity contribution is -0.130.